The fourth-order valence-corrected chi connectivity index (χ4v) is 4.33. The van der Waals surface area contributed by atoms with Gasteiger partial charge in [-0.15, -0.1) is 0 Å². The van der Waals surface area contributed by atoms with Gasteiger partial charge in [0.2, 0.25) is 0 Å². The van der Waals surface area contributed by atoms with Crippen LogP contribution in [0.4, 0.5) is 10.8 Å². The van der Waals surface area contributed by atoms with Gasteiger partial charge in [0.25, 0.3) is 11.6 Å². The average molecular weight is 433 g/mol. The Labute approximate surface area is 183 Å². The molecule has 0 bridgehead atoms. The summed E-state index contributed by atoms with van der Waals surface area (Å²) in [5.74, 6) is -0.0742. The minimum Gasteiger partial charge on any atom is -0.278 e. The number of hydrogen-bond donors (Lipinski definition) is 0. The van der Waals surface area contributed by atoms with Crippen LogP contribution in [-0.2, 0) is 6.54 Å². The van der Waals surface area contributed by atoms with Gasteiger partial charge in [-0.2, -0.15) is 0 Å². The quantitative estimate of drug-likeness (QED) is 0.293. The van der Waals surface area contributed by atoms with Crippen molar-refractivity contribution in [2.45, 2.75) is 26.3 Å². The lowest BCUT2D eigenvalue weighted by atomic mass is 10.0. The highest BCUT2D eigenvalue weighted by Gasteiger charge is 2.24. The molecular formula is C23H20N4O3S. The Morgan fingerprint density at radius 1 is 1.13 bits per heavy atom. The second kappa shape index (κ2) is 8.61. The summed E-state index contributed by atoms with van der Waals surface area (Å²) in [5.41, 5.74) is 2.78. The van der Waals surface area contributed by atoms with E-state index in [-0.39, 0.29) is 29.6 Å². The molecule has 2 aromatic carbocycles. The second-order valence-electron chi connectivity index (χ2n) is 7.36. The molecule has 1 amide bonds. The van der Waals surface area contributed by atoms with Crippen LogP contribution in [0.2, 0.25) is 0 Å². The van der Waals surface area contributed by atoms with E-state index in [9.17, 15) is 14.9 Å². The minimum absolute atomic E-state index is 0.130. The van der Waals surface area contributed by atoms with E-state index in [1.807, 2.05) is 36.4 Å². The number of aromatic nitrogens is 2. The number of non-ortho nitro benzene ring substituents is 1. The Morgan fingerprint density at radius 3 is 2.65 bits per heavy atom. The van der Waals surface area contributed by atoms with E-state index >= 15 is 0 Å². The molecule has 4 rings (SSSR count). The Kier molecular flexibility index (Phi) is 5.73. The lowest BCUT2D eigenvalue weighted by Gasteiger charge is -2.19. The fraction of sp³-hybridized carbons (Fsp3) is 0.174. The van der Waals surface area contributed by atoms with Crippen LogP contribution in [0.3, 0.4) is 0 Å². The van der Waals surface area contributed by atoms with E-state index in [2.05, 4.69) is 18.8 Å². The number of thiazole rings is 1. The number of anilines is 1. The predicted octanol–water partition coefficient (Wildman–Crippen LogP) is 5.57. The first-order valence-electron chi connectivity index (χ1n) is 9.79. The van der Waals surface area contributed by atoms with Gasteiger partial charge < -0.3 is 0 Å². The summed E-state index contributed by atoms with van der Waals surface area (Å²) in [5, 5.41) is 11.7. The second-order valence-corrected chi connectivity index (χ2v) is 8.37. The molecule has 4 aromatic rings. The third kappa shape index (κ3) is 4.29. The molecule has 0 saturated carbocycles. The van der Waals surface area contributed by atoms with Crippen molar-refractivity contribution >= 4 is 38.3 Å². The lowest BCUT2D eigenvalue weighted by molar-refractivity contribution is -0.384. The summed E-state index contributed by atoms with van der Waals surface area (Å²) in [6.07, 6.45) is 1.67. The number of carbonyl (C=O) groups excluding carboxylic acids is 1. The molecule has 2 aromatic heterocycles. The van der Waals surface area contributed by atoms with Crippen LogP contribution in [0, 0.1) is 10.1 Å². The van der Waals surface area contributed by atoms with Crippen molar-refractivity contribution < 1.29 is 9.72 Å². The standard InChI is InChI=1S/C23H20N4O3S/c1-15(2)19-10-6-11-20-21(19)25-23(31-20)26(14-17-8-3-4-12-24-17)22(28)16-7-5-9-18(13-16)27(29)30/h3-13,15H,14H2,1-2H3. The number of nitro benzene ring substituents is 1. The Hall–Kier alpha value is -3.65. The maximum Gasteiger partial charge on any atom is 0.270 e. The van der Waals surface area contributed by atoms with Crippen molar-refractivity contribution in [2.75, 3.05) is 4.90 Å². The molecule has 0 N–H and O–H groups in total. The minimum atomic E-state index is -0.507. The number of carbonyl (C=O) groups is 1. The first-order chi connectivity index (χ1) is 14.9. The summed E-state index contributed by atoms with van der Waals surface area (Å²) in [6, 6.07) is 17.3. The highest BCUT2D eigenvalue weighted by molar-refractivity contribution is 7.22. The van der Waals surface area contributed by atoms with Gasteiger partial charge in [0.05, 0.1) is 27.4 Å². The average Bonchev–Trinajstić information content (AvgIpc) is 3.21. The monoisotopic (exact) mass is 432 g/mol. The number of pyridine rings is 1. The van der Waals surface area contributed by atoms with Gasteiger partial charge in [0, 0.05) is 23.9 Å². The van der Waals surface area contributed by atoms with Gasteiger partial charge in [-0.1, -0.05) is 49.4 Å². The number of nitro groups is 1. The zero-order chi connectivity index (χ0) is 22.0. The van der Waals surface area contributed by atoms with Crippen LogP contribution in [0.5, 0.6) is 0 Å². The molecule has 156 valence electrons. The van der Waals surface area contributed by atoms with Crippen molar-refractivity contribution in [3.63, 3.8) is 0 Å². The molecule has 0 unspecified atom stereocenters. The van der Waals surface area contributed by atoms with Crippen LogP contribution >= 0.6 is 11.3 Å². The van der Waals surface area contributed by atoms with E-state index in [1.165, 1.54) is 34.4 Å². The van der Waals surface area contributed by atoms with Gasteiger partial charge in [-0.05, 0) is 35.7 Å². The van der Waals surface area contributed by atoms with E-state index in [1.54, 1.807) is 12.3 Å². The molecule has 0 aliphatic carbocycles. The Bertz CT molecular complexity index is 1250. The van der Waals surface area contributed by atoms with Crippen molar-refractivity contribution in [1.82, 2.24) is 9.97 Å². The maximum absolute atomic E-state index is 13.5. The lowest BCUT2D eigenvalue weighted by Crippen LogP contribution is -2.30. The molecule has 0 spiro atoms. The van der Waals surface area contributed by atoms with Crippen LogP contribution in [0.15, 0.2) is 66.9 Å². The van der Waals surface area contributed by atoms with Crippen LogP contribution in [0.1, 0.15) is 41.4 Å². The van der Waals surface area contributed by atoms with E-state index in [0.29, 0.717) is 10.8 Å². The Balaban J connectivity index is 1.81. The molecular weight excluding hydrogens is 412 g/mol. The summed E-state index contributed by atoms with van der Waals surface area (Å²) in [7, 11) is 0. The zero-order valence-corrected chi connectivity index (χ0v) is 17.9. The summed E-state index contributed by atoms with van der Waals surface area (Å²) in [6.45, 7) is 4.42. The highest BCUT2D eigenvalue weighted by Crippen LogP contribution is 2.34. The first-order valence-corrected chi connectivity index (χ1v) is 10.6. The number of rotatable bonds is 6. The Morgan fingerprint density at radius 2 is 1.94 bits per heavy atom. The smallest absolute Gasteiger partial charge is 0.270 e. The van der Waals surface area contributed by atoms with Gasteiger partial charge in [0.1, 0.15) is 0 Å². The first kappa shape index (κ1) is 20.6. The number of benzene rings is 2. The van der Waals surface area contributed by atoms with Gasteiger partial charge in [0.15, 0.2) is 5.13 Å². The van der Waals surface area contributed by atoms with Gasteiger partial charge >= 0.3 is 0 Å². The molecule has 7 nitrogen and oxygen atoms in total. The molecule has 0 radical (unpaired) electrons. The third-order valence-corrected chi connectivity index (χ3v) is 5.93. The van der Waals surface area contributed by atoms with Crippen molar-refractivity contribution in [1.29, 1.82) is 0 Å². The third-order valence-electron chi connectivity index (χ3n) is 4.89. The maximum atomic E-state index is 13.5. The van der Waals surface area contributed by atoms with Crippen LogP contribution in [0.25, 0.3) is 10.2 Å². The highest BCUT2D eigenvalue weighted by atomic mass is 32.1. The number of fused-ring (bicyclic) bond motifs is 1. The molecule has 2 heterocycles. The van der Waals surface area contributed by atoms with E-state index < -0.39 is 4.92 Å². The molecule has 31 heavy (non-hydrogen) atoms. The largest absolute Gasteiger partial charge is 0.278 e. The van der Waals surface area contributed by atoms with E-state index in [0.717, 1.165) is 15.8 Å². The molecule has 0 aliphatic heterocycles. The van der Waals surface area contributed by atoms with Crippen molar-refractivity contribution in [2.24, 2.45) is 0 Å². The molecule has 0 fully saturated rings. The molecule has 8 heteroatoms. The number of hydrogen-bond acceptors (Lipinski definition) is 6. The van der Waals surface area contributed by atoms with E-state index in [4.69, 9.17) is 4.98 Å². The molecule has 0 atom stereocenters. The normalized spacial score (nSPS) is 11.1. The molecule has 0 aliphatic rings. The number of amides is 1. The topological polar surface area (TPSA) is 89.2 Å². The van der Waals surface area contributed by atoms with Crippen molar-refractivity contribution in [3.05, 3.63) is 93.8 Å². The van der Waals surface area contributed by atoms with Crippen molar-refractivity contribution in [3.8, 4) is 0 Å². The van der Waals surface area contributed by atoms with Gasteiger partial charge in [-0.3, -0.25) is 24.8 Å². The summed E-state index contributed by atoms with van der Waals surface area (Å²) in [4.78, 5) is 34.8. The zero-order valence-electron chi connectivity index (χ0n) is 17.1. The summed E-state index contributed by atoms with van der Waals surface area (Å²) >= 11 is 1.42. The SMILES string of the molecule is CC(C)c1cccc2sc(N(Cc3ccccn3)C(=O)c3cccc([N+](=O)[O-])c3)nc12. The van der Waals surface area contributed by atoms with Gasteiger partial charge in [-0.25, -0.2) is 4.98 Å². The summed E-state index contributed by atoms with van der Waals surface area (Å²) < 4.78 is 0.985. The number of para-hydroxylation sites is 1. The predicted molar refractivity (Wildman–Crippen MR) is 122 cm³/mol. The molecule has 0 saturated heterocycles. The number of nitrogens with zero attached hydrogens (tertiary/aromatic N) is 4. The van der Waals surface area contributed by atoms with Crippen LogP contribution < -0.4 is 4.90 Å². The fourth-order valence-electron chi connectivity index (χ4n) is 3.33. The van der Waals surface area contributed by atoms with Crippen LogP contribution in [-0.4, -0.2) is 20.8 Å².